The molecular weight excluding hydrogens is 362 g/mol. The molecule has 0 spiro atoms. The van der Waals surface area contributed by atoms with Gasteiger partial charge in [-0.05, 0) is 51.6 Å². The maximum absolute atomic E-state index is 12.4. The Morgan fingerprint density at radius 1 is 1.10 bits per heavy atom. The van der Waals surface area contributed by atoms with Crippen molar-refractivity contribution >= 4 is 17.1 Å². The summed E-state index contributed by atoms with van der Waals surface area (Å²) < 4.78 is 2.21. The third-order valence-corrected chi connectivity index (χ3v) is 4.94. The minimum atomic E-state index is -0.111. The molecule has 2 amide bonds. The number of carbonyl (C=O) groups excluding carboxylic acids is 1. The van der Waals surface area contributed by atoms with Crippen LogP contribution in [0.1, 0.15) is 17.8 Å². The van der Waals surface area contributed by atoms with Crippen LogP contribution in [-0.2, 0) is 13.0 Å². The van der Waals surface area contributed by atoms with E-state index >= 15 is 0 Å². The highest BCUT2D eigenvalue weighted by atomic mass is 16.2. The quantitative estimate of drug-likeness (QED) is 0.549. The van der Waals surface area contributed by atoms with E-state index in [1.807, 2.05) is 57.4 Å². The zero-order valence-corrected chi connectivity index (χ0v) is 17.6. The molecular formula is C23H31N5O. The van der Waals surface area contributed by atoms with Gasteiger partial charge in [-0.15, -0.1) is 0 Å². The fourth-order valence-electron chi connectivity index (χ4n) is 3.65. The lowest BCUT2D eigenvalue weighted by Crippen LogP contribution is -2.47. The van der Waals surface area contributed by atoms with Crippen LogP contribution in [0.25, 0.3) is 11.0 Å². The van der Waals surface area contributed by atoms with Gasteiger partial charge in [0, 0.05) is 25.7 Å². The van der Waals surface area contributed by atoms with Crippen LogP contribution in [-0.4, -0.2) is 53.7 Å². The Morgan fingerprint density at radius 3 is 2.59 bits per heavy atom. The number of rotatable bonds is 9. The number of aryl methyl sites for hydroxylation is 2. The maximum atomic E-state index is 12.4. The van der Waals surface area contributed by atoms with E-state index in [-0.39, 0.29) is 12.1 Å². The second-order valence-corrected chi connectivity index (χ2v) is 7.70. The summed E-state index contributed by atoms with van der Waals surface area (Å²) >= 11 is 0. The number of urea groups is 1. The number of nitrogens with zero attached hydrogens (tertiary/aromatic N) is 3. The summed E-state index contributed by atoms with van der Waals surface area (Å²) in [5, 5.41) is 6.12. The summed E-state index contributed by atoms with van der Waals surface area (Å²) in [4.78, 5) is 19.1. The SMILES string of the molecule is Cc1nc2ccccc2n1CCCNC(=O)N[C@H](Cc1ccccc1)CN(C)C. The fraction of sp³-hybridized carbons (Fsp3) is 0.391. The first-order chi connectivity index (χ1) is 14.0. The number of hydrogen-bond donors (Lipinski definition) is 2. The van der Waals surface area contributed by atoms with Gasteiger partial charge in [0.15, 0.2) is 0 Å². The molecule has 0 radical (unpaired) electrons. The molecule has 0 fully saturated rings. The Morgan fingerprint density at radius 2 is 1.83 bits per heavy atom. The molecule has 2 aromatic carbocycles. The van der Waals surface area contributed by atoms with Crippen molar-refractivity contribution in [1.29, 1.82) is 0 Å². The Balaban J connectivity index is 1.48. The highest BCUT2D eigenvalue weighted by Crippen LogP contribution is 2.15. The van der Waals surface area contributed by atoms with E-state index in [0.717, 1.165) is 42.8 Å². The molecule has 154 valence electrons. The predicted octanol–water partition coefficient (Wildman–Crippen LogP) is 3.21. The van der Waals surface area contributed by atoms with Gasteiger partial charge < -0.3 is 20.1 Å². The van der Waals surface area contributed by atoms with Crippen molar-refractivity contribution in [2.75, 3.05) is 27.2 Å². The lowest BCUT2D eigenvalue weighted by molar-refractivity contribution is 0.232. The predicted molar refractivity (Wildman–Crippen MR) is 118 cm³/mol. The third-order valence-electron chi connectivity index (χ3n) is 4.94. The van der Waals surface area contributed by atoms with Crippen LogP contribution in [0.4, 0.5) is 4.79 Å². The van der Waals surface area contributed by atoms with Gasteiger partial charge in [0.25, 0.3) is 0 Å². The molecule has 2 N–H and O–H groups in total. The Kier molecular flexibility index (Phi) is 7.25. The van der Waals surface area contributed by atoms with E-state index in [1.54, 1.807) is 0 Å². The summed E-state index contributed by atoms with van der Waals surface area (Å²) in [6, 6.07) is 18.4. The van der Waals surface area contributed by atoms with Gasteiger partial charge in [-0.3, -0.25) is 0 Å². The number of nitrogens with one attached hydrogen (secondary N) is 2. The van der Waals surface area contributed by atoms with Gasteiger partial charge in [-0.25, -0.2) is 9.78 Å². The summed E-state index contributed by atoms with van der Waals surface area (Å²) in [5.41, 5.74) is 3.38. The van der Waals surface area contributed by atoms with E-state index in [9.17, 15) is 4.79 Å². The second kappa shape index (κ2) is 10.1. The van der Waals surface area contributed by atoms with Gasteiger partial charge >= 0.3 is 6.03 Å². The summed E-state index contributed by atoms with van der Waals surface area (Å²) in [6.07, 6.45) is 1.66. The van der Waals surface area contributed by atoms with Crippen LogP contribution in [0.3, 0.4) is 0 Å². The summed E-state index contributed by atoms with van der Waals surface area (Å²) in [7, 11) is 4.05. The highest BCUT2D eigenvalue weighted by Gasteiger charge is 2.14. The number of amides is 2. The van der Waals surface area contributed by atoms with Crippen LogP contribution < -0.4 is 10.6 Å². The molecule has 0 aliphatic rings. The van der Waals surface area contributed by atoms with E-state index in [4.69, 9.17) is 0 Å². The number of aromatic nitrogens is 2. The number of benzene rings is 2. The molecule has 29 heavy (non-hydrogen) atoms. The first-order valence-electron chi connectivity index (χ1n) is 10.2. The fourth-order valence-corrected chi connectivity index (χ4v) is 3.65. The van der Waals surface area contributed by atoms with Gasteiger partial charge in [0.1, 0.15) is 5.82 Å². The van der Waals surface area contributed by atoms with E-state index in [2.05, 4.69) is 43.3 Å². The maximum Gasteiger partial charge on any atom is 0.315 e. The van der Waals surface area contributed by atoms with Crippen molar-refractivity contribution in [3.8, 4) is 0 Å². The lowest BCUT2D eigenvalue weighted by Gasteiger charge is -2.23. The number of carbonyl (C=O) groups is 1. The molecule has 0 unspecified atom stereocenters. The van der Waals surface area contributed by atoms with Crippen molar-refractivity contribution in [3.63, 3.8) is 0 Å². The Labute approximate surface area is 172 Å². The molecule has 1 heterocycles. The molecule has 0 aliphatic heterocycles. The van der Waals surface area contributed by atoms with Gasteiger partial charge in [0.05, 0.1) is 11.0 Å². The van der Waals surface area contributed by atoms with Gasteiger partial charge in [-0.2, -0.15) is 0 Å². The standard InChI is InChI=1S/C23H31N5O/c1-18-25-21-12-7-8-13-22(21)28(18)15-9-14-24-23(29)26-20(17-27(2)3)16-19-10-5-4-6-11-19/h4-8,10-13,20H,9,14-17H2,1-3H3,(H2,24,26,29)/t20-/m1/s1. The van der Waals surface area contributed by atoms with Crippen molar-refractivity contribution in [3.05, 3.63) is 66.0 Å². The number of para-hydroxylation sites is 2. The molecule has 1 aromatic heterocycles. The topological polar surface area (TPSA) is 62.2 Å². The van der Waals surface area contributed by atoms with Crippen LogP contribution in [0.15, 0.2) is 54.6 Å². The summed E-state index contributed by atoms with van der Waals surface area (Å²) in [6.45, 7) is 4.27. The van der Waals surface area contributed by atoms with Crippen LogP contribution in [0, 0.1) is 6.92 Å². The van der Waals surface area contributed by atoms with Crippen LogP contribution in [0.5, 0.6) is 0 Å². The lowest BCUT2D eigenvalue weighted by atomic mass is 10.1. The number of fused-ring (bicyclic) bond motifs is 1. The minimum Gasteiger partial charge on any atom is -0.338 e. The molecule has 0 bridgehead atoms. The van der Waals surface area contributed by atoms with E-state index in [1.165, 1.54) is 5.56 Å². The first-order valence-corrected chi connectivity index (χ1v) is 10.2. The highest BCUT2D eigenvalue weighted by molar-refractivity contribution is 5.76. The zero-order chi connectivity index (χ0) is 20.6. The largest absolute Gasteiger partial charge is 0.338 e. The number of hydrogen-bond acceptors (Lipinski definition) is 3. The molecule has 3 rings (SSSR count). The van der Waals surface area contributed by atoms with Crippen molar-refractivity contribution < 1.29 is 4.79 Å². The number of imidazole rings is 1. The van der Waals surface area contributed by atoms with Crippen LogP contribution in [0.2, 0.25) is 0 Å². The van der Waals surface area contributed by atoms with Crippen molar-refractivity contribution in [2.45, 2.75) is 32.4 Å². The second-order valence-electron chi connectivity index (χ2n) is 7.70. The minimum absolute atomic E-state index is 0.0623. The van der Waals surface area contributed by atoms with Crippen molar-refractivity contribution in [2.24, 2.45) is 0 Å². The molecule has 6 heteroatoms. The zero-order valence-electron chi connectivity index (χ0n) is 17.6. The van der Waals surface area contributed by atoms with E-state index < -0.39 is 0 Å². The first kappa shape index (κ1) is 20.9. The average molecular weight is 394 g/mol. The smallest absolute Gasteiger partial charge is 0.315 e. The average Bonchev–Trinajstić information content (AvgIpc) is 3.00. The van der Waals surface area contributed by atoms with Gasteiger partial charge in [-0.1, -0.05) is 42.5 Å². The Bertz CT molecular complexity index is 919. The molecule has 0 saturated heterocycles. The monoisotopic (exact) mass is 393 g/mol. The molecule has 0 aliphatic carbocycles. The molecule has 6 nitrogen and oxygen atoms in total. The van der Waals surface area contributed by atoms with E-state index in [0.29, 0.717) is 6.54 Å². The van der Waals surface area contributed by atoms with Gasteiger partial charge in [0.2, 0.25) is 0 Å². The molecule has 1 atom stereocenters. The molecule has 0 saturated carbocycles. The molecule has 3 aromatic rings. The van der Waals surface area contributed by atoms with Crippen molar-refractivity contribution in [1.82, 2.24) is 25.1 Å². The summed E-state index contributed by atoms with van der Waals surface area (Å²) in [5.74, 6) is 1.00. The third kappa shape index (κ3) is 6.06. The normalized spacial score (nSPS) is 12.3. The Hall–Kier alpha value is -2.86. The number of likely N-dealkylation sites (N-methyl/N-ethyl adjacent to an activating group) is 1. The van der Waals surface area contributed by atoms with Crippen LogP contribution >= 0.6 is 0 Å².